The molecule has 0 saturated heterocycles. The summed E-state index contributed by atoms with van der Waals surface area (Å²) in [4.78, 5) is 28.8. The van der Waals surface area contributed by atoms with E-state index in [1.54, 1.807) is 28.0 Å². The Hall–Kier alpha value is -3.63. The zero-order valence-electron chi connectivity index (χ0n) is 20.2. The van der Waals surface area contributed by atoms with E-state index in [2.05, 4.69) is 36.2 Å². The van der Waals surface area contributed by atoms with Crippen molar-refractivity contribution in [1.29, 1.82) is 0 Å². The Morgan fingerprint density at radius 2 is 1.74 bits per heavy atom. The molecule has 2 N–H and O–H groups in total. The maximum atomic E-state index is 12.3. The van der Waals surface area contributed by atoms with Crippen LogP contribution in [0.25, 0.3) is 0 Å². The number of carbonyl (C=O) groups excluding carboxylic acids is 2. The molecule has 0 aromatic carbocycles. The van der Waals surface area contributed by atoms with Gasteiger partial charge >= 0.3 is 0 Å². The molecule has 0 atom stereocenters. The van der Waals surface area contributed by atoms with Crippen molar-refractivity contribution in [2.45, 2.75) is 77.9 Å². The summed E-state index contributed by atoms with van der Waals surface area (Å²) in [6.45, 7) is 3.63. The molecular weight excluding hydrogens is 446 g/mol. The van der Waals surface area contributed by atoms with Gasteiger partial charge in [0.2, 0.25) is 5.91 Å². The van der Waals surface area contributed by atoms with Crippen molar-refractivity contribution in [3.05, 3.63) is 47.7 Å². The first kappa shape index (κ1) is 24.5. The zero-order chi connectivity index (χ0) is 24.5. The Kier molecular flexibility index (Phi) is 8.53. The minimum Gasteiger partial charge on any atom is -0.346 e. The quantitative estimate of drug-likeness (QED) is 0.404. The van der Waals surface area contributed by atoms with Crippen molar-refractivity contribution in [3.8, 4) is 0 Å². The minimum absolute atomic E-state index is 0.0190. The molecule has 2 amide bonds. The first-order valence-electron chi connectivity index (χ1n) is 12.3. The lowest BCUT2D eigenvalue weighted by Gasteiger charge is -2.20. The molecule has 0 bridgehead atoms. The van der Waals surface area contributed by atoms with E-state index in [0.29, 0.717) is 37.8 Å². The van der Waals surface area contributed by atoms with Crippen LogP contribution in [0.5, 0.6) is 0 Å². The number of unbranched alkanes of at least 4 members (excludes halogenated alkanes) is 1. The fourth-order valence-corrected chi connectivity index (χ4v) is 4.25. The summed E-state index contributed by atoms with van der Waals surface area (Å²) in [7, 11) is 0. The fraction of sp³-hybridized carbons (Fsp3) is 0.542. The topological polar surface area (TPSA) is 133 Å². The van der Waals surface area contributed by atoms with E-state index in [1.165, 1.54) is 19.3 Å². The summed E-state index contributed by atoms with van der Waals surface area (Å²) in [5.74, 6) is 0.745. The molecule has 11 heteroatoms. The highest BCUT2D eigenvalue weighted by atomic mass is 16.2. The molecule has 3 heterocycles. The van der Waals surface area contributed by atoms with Crippen LogP contribution in [-0.4, -0.2) is 46.8 Å². The molecule has 1 fully saturated rings. The molecule has 0 aliphatic heterocycles. The summed E-state index contributed by atoms with van der Waals surface area (Å²) in [6.07, 6.45) is 13.4. The van der Waals surface area contributed by atoms with Crippen molar-refractivity contribution in [1.82, 2.24) is 40.3 Å². The Labute approximate surface area is 204 Å². The predicted octanol–water partition coefficient (Wildman–Crippen LogP) is 2.89. The van der Waals surface area contributed by atoms with Crippen molar-refractivity contribution in [2.24, 2.45) is 5.92 Å². The van der Waals surface area contributed by atoms with Gasteiger partial charge in [-0.05, 0) is 50.2 Å². The summed E-state index contributed by atoms with van der Waals surface area (Å²) >= 11 is 0. The number of rotatable bonds is 11. The molecule has 3 aromatic heterocycles. The van der Waals surface area contributed by atoms with E-state index in [0.717, 1.165) is 36.9 Å². The predicted molar refractivity (Wildman–Crippen MR) is 129 cm³/mol. The summed E-state index contributed by atoms with van der Waals surface area (Å²) in [5.41, 5.74) is 2.15. The molecule has 11 nitrogen and oxygen atoms in total. The lowest BCUT2D eigenvalue weighted by Crippen LogP contribution is -2.23. The fourth-order valence-electron chi connectivity index (χ4n) is 4.25. The Bertz CT molecular complexity index is 1100. The first-order chi connectivity index (χ1) is 17.0. The molecule has 4 rings (SSSR count). The van der Waals surface area contributed by atoms with E-state index >= 15 is 0 Å². The molecule has 0 unspecified atom stereocenters. The first-order valence-corrected chi connectivity index (χ1v) is 12.3. The molecule has 0 spiro atoms. The lowest BCUT2D eigenvalue weighted by atomic mass is 9.87. The monoisotopic (exact) mass is 479 g/mol. The third kappa shape index (κ3) is 7.69. The highest BCUT2D eigenvalue weighted by Crippen LogP contribution is 2.26. The maximum Gasteiger partial charge on any atom is 0.273 e. The van der Waals surface area contributed by atoms with Gasteiger partial charge in [-0.2, -0.15) is 0 Å². The minimum atomic E-state index is -0.266. The van der Waals surface area contributed by atoms with E-state index in [4.69, 9.17) is 0 Å². The summed E-state index contributed by atoms with van der Waals surface area (Å²) < 4.78 is 3.40. The van der Waals surface area contributed by atoms with E-state index < -0.39 is 0 Å². The zero-order valence-corrected chi connectivity index (χ0v) is 20.2. The second-order valence-electron chi connectivity index (χ2n) is 9.19. The normalized spacial score (nSPS) is 14.1. The van der Waals surface area contributed by atoms with Crippen LogP contribution in [0.3, 0.4) is 0 Å². The number of anilines is 1. The lowest BCUT2D eigenvalue weighted by molar-refractivity contribution is -0.117. The number of aromatic nitrogens is 7. The highest BCUT2D eigenvalue weighted by Gasteiger charge is 2.17. The number of nitrogens with one attached hydrogen (secondary N) is 2. The van der Waals surface area contributed by atoms with Gasteiger partial charge in [-0.15, -0.1) is 10.2 Å². The molecule has 3 aromatic rings. The maximum absolute atomic E-state index is 12.3. The SMILES string of the molecule is Cc1ccc(CNC(=O)c2cn(CCCCn3cc(NC(=O)CC4CCCCC4)nn3)nn2)cn1. The third-order valence-corrected chi connectivity index (χ3v) is 6.23. The standard InChI is InChI=1S/C24H33N9O2/c1-18-9-10-20(14-25-18)15-26-24(35)21-16-32(30-28-21)11-5-6-12-33-17-22(29-31-33)27-23(34)13-19-7-3-2-4-8-19/h9-10,14,16-17,19H,2-8,11-13,15H2,1H3,(H,26,35)(H,27,34). The molecule has 186 valence electrons. The van der Waals surface area contributed by atoms with Crippen LogP contribution in [0.4, 0.5) is 5.82 Å². The molecule has 1 aliphatic rings. The van der Waals surface area contributed by atoms with Gasteiger partial charge in [-0.3, -0.25) is 23.9 Å². The molecule has 1 aliphatic carbocycles. The van der Waals surface area contributed by atoms with Crippen molar-refractivity contribution in [2.75, 3.05) is 5.32 Å². The number of hydrogen-bond donors (Lipinski definition) is 2. The number of aryl methyl sites for hydroxylation is 3. The van der Waals surface area contributed by atoms with Crippen LogP contribution in [0.15, 0.2) is 30.7 Å². The number of hydrogen-bond acceptors (Lipinski definition) is 7. The van der Waals surface area contributed by atoms with Crippen LogP contribution >= 0.6 is 0 Å². The van der Waals surface area contributed by atoms with Crippen molar-refractivity contribution in [3.63, 3.8) is 0 Å². The van der Waals surface area contributed by atoms with Crippen LogP contribution in [-0.2, 0) is 24.4 Å². The van der Waals surface area contributed by atoms with Crippen LogP contribution in [0.2, 0.25) is 0 Å². The van der Waals surface area contributed by atoms with Gasteiger partial charge in [0.25, 0.3) is 5.91 Å². The van der Waals surface area contributed by atoms with Gasteiger partial charge in [0.15, 0.2) is 11.5 Å². The largest absolute Gasteiger partial charge is 0.346 e. The molecule has 0 radical (unpaired) electrons. The van der Waals surface area contributed by atoms with Crippen LogP contribution < -0.4 is 10.6 Å². The van der Waals surface area contributed by atoms with Crippen LogP contribution in [0, 0.1) is 12.8 Å². The van der Waals surface area contributed by atoms with Gasteiger partial charge in [-0.25, -0.2) is 0 Å². The number of amides is 2. The Balaban J connectivity index is 1.13. The number of carbonyl (C=O) groups is 2. The van der Waals surface area contributed by atoms with Gasteiger partial charge in [0, 0.05) is 37.9 Å². The average molecular weight is 480 g/mol. The molecule has 35 heavy (non-hydrogen) atoms. The van der Waals surface area contributed by atoms with E-state index in [-0.39, 0.29) is 17.5 Å². The highest BCUT2D eigenvalue weighted by molar-refractivity contribution is 5.91. The van der Waals surface area contributed by atoms with Crippen molar-refractivity contribution < 1.29 is 9.59 Å². The second-order valence-corrected chi connectivity index (χ2v) is 9.19. The molecular formula is C24H33N9O2. The summed E-state index contributed by atoms with van der Waals surface area (Å²) in [5, 5.41) is 21.9. The van der Waals surface area contributed by atoms with Gasteiger partial charge < -0.3 is 10.6 Å². The Morgan fingerprint density at radius 3 is 2.49 bits per heavy atom. The second kappa shape index (κ2) is 12.2. The summed E-state index contributed by atoms with van der Waals surface area (Å²) in [6, 6.07) is 3.84. The average Bonchev–Trinajstić information content (AvgIpc) is 3.51. The number of nitrogens with zero attached hydrogens (tertiary/aromatic N) is 7. The van der Waals surface area contributed by atoms with E-state index in [9.17, 15) is 9.59 Å². The van der Waals surface area contributed by atoms with Crippen LogP contribution in [0.1, 0.15) is 73.1 Å². The number of pyridine rings is 1. The smallest absolute Gasteiger partial charge is 0.273 e. The van der Waals surface area contributed by atoms with Gasteiger partial charge in [0.1, 0.15) is 0 Å². The van der Waals surface area contributed by atoms with E-state index in [1.807, 2.05) is 19.1 Å². The molecule has 1 saturated carbocycles. The van der Waals surface area contributed by atoms with Crippen molar-refractivity contribution >= 4 is 17.6 Å². The third-order valence-electron chi connectivity index (χ3n) is 6.23. The van der Waals surface area contributed by atoms with Gasteiger partial charge in [0.05, 0.1) is 12.4 Å². The van der Waals surface area contributed by atoms with Gasteiger partial charge in [-0.1, -0.05) is 35.8 Å². The Morgan fingerprint density at radius 1 is 1.00 bits per heavy atom.